The van der Waals surface area contributed by atoms with Gasteiger partial charge in [0.05, 0.1) is 6.54 Å². The fourth-order valence-electron chi connectivity index (χ4n) is 2.38. The van der Waals surface area contributed by atoms with Gasteiger partial charge in [0.2, 0.25) is 0 Å². The minimum absolute atomic E-state index is 0.440. The Morgan fingerprint density at radius 1 is 1.40 bits per heavy atom. The molecule has 0 bridgehead atoms. The number of nitrogens with zero attached hydrogens (tertiary/aromatic N) is 4. The van der Waals surface area contributed by atoms with Gasteiger partial charge < -0.3 is 15.0 Å². The van der Waals surface area contributed by atoms with Crippen molar-refractivity contribution in [2.45, 2.75) is 13.5 Å². The number of benzene rings is 1. The molecule has 1 aromatic heterocycles. The lowest BCUT2D eigenvalue weighted by Gasteiger charge is -2.23. The quantitative estimate of drug-likeness (QED) is 0.578. The minimum Gasteiger partial charge on any atom is -0.492 e. The number of aliphatic imine (C=N–C) groups is 1. The number of hydrogen-bond donors (Lipinski definition) is 1. The second-order valence-electron chi connectivity index (χ2n) is 5.99. The topological polar surface area (TPSA) is 54.7 Å². The Hall–Kier alpha value is -2.21. The van der Waals surface area contributed by atoms with Crippen LogP contribution in [0.3, 0.4) is 0 Å². The molecule has 0 fully saturated rings. The van der Waals surface area contributed by atoms with Crippen LogP contribution >= 0.6 is 11.6 Å². The van der Waals surface area contributed by atoms with Gasteiger partial charge in [0.1, 0.15) is 12.4 Å². The summed E-state index contributed by atoms with van der Waals surface area (Å²) in [5.41, 5.74) is 0. The van der Waals surface area contributed by atoms with Crippen molar-refractivity contribution in [2.75, 3.05) is 33.8 Å². The van der Waals surface area contributed by atoms with Gasteiger partial charge in [-0.3, -0.25) is 9.67 Å². The van der Waals surface area contributed by atoms with Gasteiger partial charge in [-0.25, -0.2) is 0 Å². The van der Waals surface area contributed by atoms with E-state index in [1.807, 2.05) is 48.3 Å². The molecule has 136 valence electrons. The summed E-state index contributed by atoms with van der Waals surface area (Å²) in [6, 6.07) is 9.32. The number of guanidine groups is 1. The average Bonchev–Trinajstić information content (AvgIpc) is 3.10. The third kappa shape index (κ3) is 6.66. The molecule has 0 aliphatic heterocycles. The summed E-state index contributed by atoms with van der Waals surface area (Å²) in [6.07, 6.45) is 3.78. The van der Waals surface area contributed by atoms with Crippen LogP contribution in [0.2, 0.25) is 5.02 Å². The van der Waals surface area contributed by atoms with Crippen LogP contribution in [0, 0.1) is 5.92 Å². The van der Waals surface area contributed by atoms with Crippen LogP contribution in [-0.2, 0) is 6.54 Å². The average molecular weight is 364 g/mol. The normalized spacial score (nSPS) is 12.7. The van der Waals surface area contributed by atoms with E-state index in [0.29, 0.717) is 17.5 Å². The van der Waals surface area contributed by atoms with E-state index in [4.69, 9.17) is 16.3 Å². The van der Waals surface area contributed by atoms with E-state index in [1.54, 1.807) is 13.2 Å². The first-order valence-corrected chi connectivity index (χ1v) is 8.74. The molecule has 1 heterocycles. The monoisotopic (exact) mass is 363 g/mol. The van der Waals surface area contributed by atoms with Gasteiger partial charge in [-0.05, 0) is 36.2 Å². The van der Waals surface area contributed by atoms with E-state index in [-0.39, 0.29) is 0 Å². The number of ether oxygens (including phenoxy) is 1. The van der Waals surface area contributed by atoms with Crippen molar-refractivity contribution in [3.8, 4) is 5.75 Å². The molecular weight excluding hydrogens is 338 g/mol. The first kappa shape index (κ1) is 19.1. The number of aromatic nitrogens is 2. The molecule has 6 nitrogen and oxygen atoms in total. The molecule has 0 saturated carbocycles. The summed E-state index contributed by atoms with van der Waals surface area (Å²) in [5, 5.41) is 8.34. The lowest BCUT2D eigenvalue weighted by atomic mass is 10.2. The number of rotatable bonds is 8. The maximum absolute atomic E-state index is 5.87. The van der Waals surface area contributed by atoms with Gasteiger partial charge in [0.15, 0.2) is 5.96 Å². The van der Waals surface area contributed by atoms with E-state index >= 15 is 0 Å². The fourth-order valence-corrected chi connectivity index (χ4v) is 2.51. The Labute approximate surface area is 154 Å². The molecule has 25 heavy (non-hydrogen) atoms. The Kier molecular flexibility index (Phi) is 7.60. The first-order valence-electron chi connectivity index (χ1n) is 8.36. The third-order valence-electron chi connectivity index (χ3n) is 3.75. The molecule has 0 spiro atoms. The zero-order chi connectivity index (χ0) is 18.1. The van der Waals surface area contributed by atoms with E-state index in [0.717, 1.165) is 31.3 Å². The summed E-state index contributed by atoms with van der Waals surface area (Å²) in [6.45, 7) is 5.19. The van der Waals surface area contributed by atoms with Gasteiger partial charge in [0, 0.05) is 44.6 Å². The predicted molar refractivity (Wildman–Crippen MR) is 102 cm³/mol. The van der Waals surface area contributed by atoms with Gasteiger partial charge in [0.25, 0.3) is 0 Å². The van der Waals surface area contributed by atoms with Gasteiger partial charge in [-0.2, -0.15) is 5.10 Å². The van der Waals surface area contributed by atoms with Crippen LogP contribution in [-0.4, -0.2) is 54.4 Å². The Morgan fingerprint density at radius 2 is 2.16 bits per heavy atom. The molecule has 2 rings (SSSR count). The minimum atomic E-state index is 0.440. The molecule has 2 aromatic rings. The van der Waals surface area contributed by atoms with Crippen LogP contribution in [0.4, 0.5) is 0 Å². The highest BCUT2D eigenvalue weighted by molar-refractivity contribution is 6.30. The van der Waals surface area contributed by atoms with Crippen molar-refractivity contribution in [3.63, 3.8) is 0 Å². The molecule has 1 atom stereocenters. The SMILES string of the molecule is CN=C(NCC(C)Cn1cccn1)N(C)CCOc1ccc(Cl)cc1. The van der Waals surface area contributed by atoms with Crippen molar-refractivity contribution in [2.24, 2.45) is 10.9 Å². The summed E-state index contributed by atoms with van der Waals surface area (Å²) in [7, 11) is 3.79. The van der Waals surface area contributed by atoms with Crippen LogP contribution in [0.25, 0.3) is 0 Å². The maximum atomic E-state index is 5.87. The van der Waals surface area contributed by atoms with Gasteiger partial charge >= 0.3 is 0 Å². The molecule has 1 N–H and O–H groups in total. The van der Waals surface area contributed by atoms with E-state index < -0.39 is 0 Å². The predicted octanol–water partition coefficient (Wildman–Crippen LogP) is 2.76. The lowest BCUT2D eigenvalue weighted by Crippen LogP contribution is -2.42. The summed E-state index contributed by atoms with van der Waals surface area (Å²) < 4.78 is 7.67. The van der Waals surface area contributed by atoms with E-state index in [1.165, 1.54) is 0 Å². The molecule has 0 aliphatic rings. The molecule has 0 saturated heterocycles. The fraction of sp³-hybridized carbons (Fsp3) is 0.444. The van der Waals surface area contributed by atoms with Crippen molar-refractivity contribution in [3.05, 3.63) is 47.7 Å². The van der Waals surface area contributed by atoms with Crippen molar-refractivity contribution in [1.29, 1.82) is 0 Å². The zero-order valence-corrected chi connectivity index (χ0v) is 15.8. The Bertz CT molecular complexity index is 642. The molecular formula is C18H26ClN5O. The molecule has 0 radical (unpaired) electrons. The number of likely N-dealkylation sites (N-methyl/N-ethyl adjacent to an activating group) is 1. The molecule has 1 unspecified atom stereocenters. The Morgan fingerprint density at radius 3 is 2.80 bits per heavy atom. The van der Waals surface area contributed by atoms with Crippen LogP contribution in [0.1, 0.15) is 6.92 Å². The third-order valence-corrected chi connectivity index (χ3v) is 4.00. The van der Waals surface area contributed by atoms with Gasteiger partial charge in [-0.15, -0.1) is 0 Å². The molecule has 0 amide bonds. The molecule has 0 aliphatic carbocycles. The van der Waals surface area contributed by atoms with Crippen LogP contribution in [0.5, 0.6) is 5.75 Å². The highest BCUT2D eigenvalue weighted by Gasteiger charge is 2.09. The van der Waals surface area contributed by atoms with E-state index in [9.17, 15) is 0 Å². The second-order valence-corrected chi connectivity index (χ2v) is 6.42. The number of halogens is 1. The number of nitrogens with one attached hydrogen (secondary N) is 1. The van der Waals surface area contributed by atoms with Crippen LogP contribution in [0.15, 0.2) is 47.7 Å². The summed E-state index contributed by atoms with van der Waals surface area (Å²) >= 11 is 5.87. The summed E-state index contributed by atoms with van der Waals surface area (Å²) in [4.78, 5) is 6.38. The Balaban J connectivity index is 1.70. The number of hydrogen-bond acceptors (Lipinski definition) is 3. The smallest absolute Gasteiger partial charge is 0.193 e. The van der Waals surface area contributed by atoms with Gasteiger partial charge in [-0.1, -0.05) is 18.5 Å². The van der Waals surface area contributed by atoms with Crippen molar-refractivity contribution < 1.29 is 4.74 Å². The highest BCUT2D eigenvalue weighted by Crippen LogP contribution is 2.15. The second kappa shape index (κ2) is 9.93. The first-order chi connectivity index (χ1) is 12.1. The van der Waals surface area contributed by atoms with Crippen molar-refractivity contribution >= 4 is 17.6 Å². The lowest BCUT2D eigenvalue weighted by molar-refractivity contribution is 0.280. The van der Waals surface area contributed by atoms with E-state index in [2.05, 4.69) is 27.2 Å². The zero-order valence-electron chi connectivity index (χ0n) is 15.0. The maximum Gasteiger partial charge on any atom is 0.193 e. The van der Waals surface area contributed by atoms with Crippen molar-refractivity contribution in [1.82, 2.24) is 20.0 Å². The molecule has 7 heteroatoms. The summed E-state index contributed by atoms with van der Waals surface area (Å²) in [5.74, 6) is 2.11. The highest BCUT2D eigenvalue weighted by atomic mass is 35.5. The molecule has 1 aromatic carbocycles. The standard InChI is InChI=1S/C18H26ClN5O/c1-15(14-24-10-4-9-22-24)13-21-18(20-2)23(3)11-12-25-17-7-5-16(19)6-8-17/h4-10,15H,11-14H2,1-3H3,(H,20,21). The largest absolute Gasteiger partial charge is 0.492 e. The van der Waals surface area contributed by atoms with Crippen LogP contribution < -0.4 is 10.1 Å².